The Morgan fingerprint density at radius 3 is 2.73 bits per heavy atom. The van der Waals surface area contributed by atoms with Crippen LogP contribution in [-0.2, 0) is 4.79 Å². The quantitative estimate of drug-likeness (QED) is 0.578. The van der Waals surface area contributed by atoms with Gasteiger partial charge in [-0.2, -0.15) is 0 Å². The molecule has 3 aliphatic heterocycles. The second kappa shape index (κ2) is 6.52. The first-order valence-corrected chi connectivity index (χ1v) is 10.5. The maximum atomic E-state index is 14.4. The summed E-state index contributed by atoms with van der Waals surface area (Å²) in [5.74, 6) is -0.873. The number of halogens is 1. The zero-order chi connectivity index (χ0) is 21.3. The number of benzene rings is 1. The first kappa shape index (κ1) is 19.5. The highest BCUT2D eigenvalue weighted by atomic mass is 19.1. The fraction of sp³-hybridized carbons (Fsp3) is 0.545. The van der Waals surface area contributed by atoms with Crippen molar-refractivity contribution in [1.29, 1.82) is 0 Å². The third-order valence-electron chi connectivity index (χ3n) is 7.39. The van der Waals surface area contributed by atoms with E-state index in [0.29, 0.717) is 30.3 Å². The molecule has 5 rings (SSSR count). The molecule has 30 heavy (non-hydrogen) atoms. The Morgan fingerprint density at radius 1 is 1.37 bits per heavy atom. The first-order chi connectivity index (χ1) is 14.3. The number of hydrogen-bond acceptors (Lipinski definition) is 5. The Morgan fingerprint density at radius 2 is 2.13 bits per heavy atom. The number of aliphatic carboxylic acids is 1. The molecule has 3 fully saturated rings. The third kappa shape index (κ3) is 2.77. The molecule has 2 saturated heterocycles. The summed E-state index contributed by atoms with van der Waals surface area (Å²) >= 11 is 0. The van der Waals surface area contributed by atoms with Gasteiger partial charge < -0.3 is 20.5 Å². The molecule has 1 aromatic rings. The van der Waals surface area contributed by atoms with Crippen molar-refractivity contribution in [3.05, 3.63) is 29.5 Å². The van der Waals surface area contributed by atoms with E-state index in [1.165, 1.54) is 6.20 Å². The molecule has 3 atom stereocenters. The van der Waals surface area contributed by atoms with Gasteiger partial charge in [0.2, 0.25) is 11.5 Å². The van der Waals surface area contributed by atoms with Gasteiger partial charge in [0.05, 0.1) is 24.9 Å². The summed E-state index contributed by atoms with van der Waals surface area (Å²) in [6.07, 6.45) is 3.79. The van der Waals surface area contributed by atoms with Crippen LogP contribution in [0.15, 0.2) is 23.9 Å². The second-order valence-electron chi connectivity index (χ2n) is 9.18. The number of anilines is 1. The Hall–Kier alpha value is -2.45. The highest BCUT2D eigenvalue weighted by Crippen LogP contribution is 2.51. The molecule has 1 aliphatic carbocycles. The molecule has 160 valence electrons. The zero-order valence-electron chi connectivity index (χ0n) is 17.1. The van der Waals surface area contributed by atoms with Crippen molar-refractivity contribution in [2.24, 2.45) is 11.7 Å². The number of quaternary nitrogens is 1. The van der Waals surface area contributed by atoms with E-state index in [0.717, 1.165) is 38.0 Å². The number of nitrogens with zero attached hydrogens (tertiary/aromatic N) is 2. The lowest BCUT2D eigenvalue weighted by molar-refractivity contribution is -0.132. The van der Waals surface area contributed by atoms with Crippen molar-refractivity contribution in [2.75, 3.05) is 38.2 Å². The van der Waals surface area contributed by atoms with Crippen molar-refractivity contribution in [3.8, 4) is 5.75 Å². The van der Waals surface area contributed by atoms with Crippen LogP contribution < -0.4 is 19.9 Å². The van der Waals surface area contributed by atoms with E-state index in [2.05, 4.69) is 4.90 Å². The van der Waals surface area contributed by atoms with Gasteiger partial charge in [-0.25, -0.2) is 9.18 Å². The van der Waals surface area contributed by atoms with E-state index in [-0.39, 0.29) is 27.7 Å². The molecule has 8 heteroatoms. The third-order valence-corrected chi connectivity index (χ3v) is 7.39. The van der Waals surface area contributed by atoms with Crippen LogP contribution in [0.1, 0.15) is 36.0 Å². The monoisotopic (exact) mass is 416 g/mol. The van der Waals surface area contributed by atoms with Gasteiger partial charge in [-0.15, -0.1) is 0 Å². The van der Waals surface area contributed by atoms with E-state index in [4.69, 9.17) is 10.5 Å². The van der Waals surface area contributed by atoms with E-state index < -0.39 is 17.9 Å². The molecule has 1 saturated carbocycles. The molecule has 1 spiro atoms. The topological polar surface area (TPSA) is 92.9 Å². The number of carbonyl (C=O) groups excluding carboxylic acids is 1. The van der Waals surface area contributed by atoms with E-state index in [1.54, 1.807) is 13.2 Å². The minimum absolute atomic E-state index is 0.00101. The summed E-state index contributed by atoms with van der Waals surface area (Å²) in [6, 6.07) is 3.51. The largest absolute Gasteiger partial charge is 0.489 e. The Balaban J connectivity index is 1.62. The summed E-state index contributed by atoms with van der Waals surface area (Å²) < 4.78 is 20.2. The normalized spacial score (nSPS) is 31.6. The van der Waals surface area contributed by atoms with E-state index >= 15 is 0 Å². The number of ether oxygens (including phenoxy) is 1. The summed E-state index contributed by atoms with van der Waals surface area (Å²) in [5.41, 5.74) is 7.81. The highest BCUT2D eigenvalue weighted by molar-refractivity contribution is 6.27. The van der Waals surface area contributed by atoms with Gasteiger partial charge in [0.25, 0.3) is 0 Å². The molecule has 0 aromatic heterocycles. The van der Waals surface area contributed by atoms with Gasteiger partial charge in [-0.1, -0.05) is 0 Å². The van der Waals surface area contributed by atoms with E-state index in [1.807, 2.05) is 6.07 Å². The lowest BCUT2D eigenvalue weighted by atomic mass is 9.94. The number of carboxylic acids is 1. The lowest BCUT2D eigenvalue weighted by Crippen LogP contribution is -2.47. The molecule has 4 aliphatic rings. The van der Waals surface area contributed by atoms with Gasteiger partial charge in [0, 0.05) is 25.0 Å². The SMILES string of the molecule is COc1c(N2CC[C@@H](C3(N)CC3)C2)ccc2c1[N+]1(C=C(C(=O)O)C2=O)CC[C@H](F)C1. The first-order valence-electron chi connectivity index (χ1n) is 10.5. The number of hydrogen-bond donors (Lipinski definition) is 2. The average molecular weight is 416 g/mol. The molecule has 1 unspecified atom stereocenters. The number of alkyl halides is 1. The highest BCUT2D eigenvalue weighted by Gasteiger charge is 2.51. The van der Waals surface area contributed by atoms with Crippen molar-refractivity contribution in [2.45, 2.75) is 37.4 Å². The fourth-order valence-electron chi connectivity index (χ4n) is 5.53. The fourth-order valence-corrected chi connectivity index (χ4v) is 5.53. The van der Waals surface area contributed by atoms with Crippen LogP contribution >= 0.6 is 0 Å². The van der Waals surface area contributed by atoms with Crippen molar-refractivity contribution >= 4 is 23.1 Å². The maximum absolute atomic E-state index is 14.4. The van der Waals surface area contributed by atoms with E-state index in [9.17, 15) is 19.1 Å². The molecule has 7 nitrogen and oxygen atoms in total. The van der Waals surface area contributed by atoms with Gasteiger partial charge in [-0.3, -0.25) is 9.28 Å². The Bertz CT molecular complexity index is 973. The minimum Gasteiger partial charge on any atom is -0.489 e. The van der Waals surface area contributed by atoms with Crippen LogP contribution in [0.3, 0.4) is 0 Å². The van der Waals surface area contributed by atoms with Crippen molar-refractivity contribution in [1.82, 2.24) is 4.48 Å². The average Bonchev–Trinajstić information content (AvgIpc) is 3.14. The molecule has 0 bridgehead atoms. The van der Waals surface area contributed by atoms with Crippen molar-refractivity contribution in [3.63, 3.8) is 0 Å². The van der Waals surface area contributed by atoms with Crippen LogP contribution in [-0.4, -0.2) is 61.9 Å². The van der Waals surface area contributed by atoms with Gasteiger partial charge >= 0.3 is 5.97 Å². The van der Waals surface area contributed by atoms with Crippen molar-refractivity contribution < 1.29 is 23.8 Å². The van der Waals surface area contributed by atoms with Gasteiger partial charge in [0.15, 0.2) is 17.4 Å². The number of nitrogens with two attached hydrogens (primary N) is 1. The number of methoxy groups -OCH3 is 1. The molecule has 1 aromatic carbocycles. The van der Waals surface area contributed by atoms with Crippen LogP contribution in [0, 0.1) is 5.92 Å². The van der Waals surface area contributed by atoms with Crippen LogP contribution in [0.5, 0.6) is 5.75 Å². The van der Waals surface area contributed by atoms with Gasteiger partial charge in [-0.05, 0) is 37.3 Å². The Kier molecular flexibility index (Phi) is 4.24. The molecule has 0 radical (unpaired) electrons. The van der Waals surface area contributed by atoms with Crippen LogP contribution in [0.2, 0.25) is 0 Å². The number of rotatable bonds is 4. The summed E-state index contributed by atoms with van der Waals surface area (Å²) in [4.78, 5) is 26.9. The smallest absolute Gasteiger partial charge is 0.345 e. The lowest BCUT2D eigenvalue weighted by Gasteiger charge is -2.36. The number of carbonyl (C=O) groups is 2. The maximum Gasteiger partial charge on any atom is 0.345 e. The number of carboxylic acid groups (broad SMARTS) is 1. The predicted octanol–water partition coefficient (Wildman–Crippen LogP) is 2.23. The van der Waals surface area contributed by atoms with Crippen LogP contribution in [0.4, 0.5) is 15.8 Å². The zero-order valence-corrected chi connectivity index (χ0v) is 17.1. The Labute approximate surface area is 174 Å². The second-order valence-corrected chi connectivity index (χ2v) is 9.18. The summed E-state index contributed by atoms with van der Waals surface area (Å²) in [6.45, 7) is 2.16. The summed E-state index contributed by atoms with van der Waals surface area (Å²) in [5, 5.41) is 9.56. The number of ketones is 1. The molecule has 3 N–H and O–H groups in total. The molecular formula is C22H27FN3O4+. The van der Waals surface area contributed by atoms with Gasteiger partial charge in [0.1, 0.15) is 12.7 Å². The molecule has 3 heterocycles. The molecular weight excluding hydrogens is 389 g/mol. The van der Waals surface area contributed by atoms with Crippen LogP contribution in [0.25, 0.3) is 0 Å². The standard InChI is InChI=1S/C22H26FN3O4/c1-30-20-17(25-8-4-13(10-25)22(24)6-7-22)3-2-15-18(20)26(9-5-14(23)11-26)12-16(19(15)27)21(28)29/h2-3,12-14H,4-11,24H2,1H3/p+1/t13-,14+,26?/m1/s1. The summed E-state index contributed by atoms with van der Waals surface area (Å²) in [7, 11) is 1.55. The number of Topliss-reactive ketones (excluding diaryl/α,β-unsaturated/α-hetero) is 1. The minimum atomic E-state index is -1.28. The molecule has 0 amide bonds. The predicted molar refractivity (Wildman–Crippen MR) is 111 cm³/mol. The number of fused-ring (bicyclic) bond motifs is 2.